The number of hydrogen-bond donors (Lipinski definition) is 0. The van der Waals surface area contributed by atoms with Gasteiger partial charge in [0.05, 0.1) is 0 Å². The Morgan fingerprint density at radius 2 is 2.09 bits per heavy atom. The molecule has 0 amide bonds. The van der Waals surface area contributed by atoms with Crippen molar-refractivity contribution in [2.75, 3.05) is 0 Å². The lowest BCUT2D eigenvalue weighted by atomic mass is 9.99. The molecule has 0 nitrogen and oxygen atoms in total. The van der Waals surface area contributed by atoms with E-state index in [4.69, 9.17) is 0 Å². The van der Waals surface area contributed by atoms with Crippen LogP contribution in [-0.4, -0.2) is 0 Å². The highest BCUT2D eigenvalue weighted by Gasteiger charge is 2.00. The molecule has 0 aromatic carbocycles. The molecular weight excluding hydrogens is 132 g/mol. The minimum atomic E-state index is 0.665. The Hall–Kier alpha value is -0.480. The summed E-state index contributed by atoms with van der Waals surface area (Å²) in [5, 5.41) is 0. The molecule has 0 fully saturated rings. The molecule has 0 N–H and O–H groups in total. The third-order valence-corrected chi connectivity index (χ3v) is 1.83. The van der Waals surface area contributed by atoms with E-state index < -0.39 is 0 Å². The Balaban J connectivity index is 4.02. The van der Waals surface area contributed by atoms with Gasteiger partial charge < -0.3 is 0 Å². The SMILES string of the molecule is CC=C=C(CCCC)C(C)C. The summed E-state index contributed by atoms with van der Waals surface area (Å²) in [4.78, 5) is 0. The Labute approximate surface area is 71.0 Å². The van der Waals surface area contributed by atoms with Crippen LogP contribution in [0, 0.1) is 5.92 Å². The Morgan fingerprint density at radius 3 is 2.45 bits per heavy atom. The zero-order valence-corrected chi connectivity index (χ0v) is 8.28. The van der Waals surface area contributed by atoms with Gasteiger partial charge in [0.2, 0.25) is 0 Å². The highest BCUT2D eigenvalue weighted by Crippen LogP contribution is 2.15. The van der Waals surface area contributed by atoms with Crippen LogP contribution in [0.15, 0.2) is 17.4 Å². The van der Waals surface area contributed by atoms with E-state index >= 15 is 0 Å². The van der Waals surface area contributed by atoms with Crippen molar-refractivity contribution in [1.82, 2.24) is 0 Å². The van der Waals surface area contributed by atoms with Crippen LogP contribution in [0.2, 0.25) is 0 Å². The lowest BCUT2D eigenvalue weighted by Crippen LogP contribution is -1.92. The lowest BCUT2D eigenvalue weighted by Gasteiger charge is -2.06. The molecule has 0 aliphatic rings. The summed E-state index contributed by atoms with van der Waals surface area (Å²) >= 11 is 0. The molecule has 11 heavy (non-hydrogen) atoms. The Kier molecular flexibility index (Phi) is 5.97. The molecule has 0 unspecified atom stereocenters. The molecule has 0 bridgehead atoms. The monoisotopic (exact) mass is 152 g/mol. The van der Waals surface area contributed by atoms with Crippen LogP contribution in [0.4, 0.5) is 0 Å². The van der Waals surface area contributed by atoms with Crippen molar-refractivity contribution in [3.05, 3.63) is 17.4 Å². The van der Waals surface area contributed by atoms with E-state index in [-0.39, 0.29) is 0 Å². The van der Waals surface area contributed by atoms with Gasteiger partial charge in [-0.25, -0.2) is 0 Å². The second-order valence-corrected chi connectivity index (χ2v) is 3.22. The van der Waals surface area contributed by atoms with E-state index in [9.17, 15) is 0 Å². The summed E-state index contributed by atoms with van der Waals surface area (Å²) in [5.41, 5.74) is 4.78. The standard InChI is InChI=1S/C11H20/c1-5-7-9-11(8-6-2)10(3)4/h6,10H,5,7,9H2,1-4H3. The highest BCUT2D eigenvalue weighted by molar-refractivity contribution is 5.03. The molecular formula is C11H20. The van der Waals surface area contributed by atoms with E-state index in [1.54, 1.807) is 0 Å². The maximum Gasteiger partial charge on any atom is -0.0184 e. The average Bonchev–Trinajstić information content (AvgIpc) is 1.97. The third-order valence-electron chi connectivity index (χ3n) is 1.83. The molecule has 0 saturated heterocycles. The first-order chi connectivity index (χ1) is 5.22. The second kappa shape index (κ2) is 6.24. The Bertz CT molecular complexity index is 145. The van der Waals surface area contributed by atoms with Gasteiger partial charge >= 0.3 is 0 Å². The molecule has 0 radical (unpaired) electrons. The van der Waals surface area contributed by atoms with Crippen LogP contribution in [0.1, 0.15) is 47.0 Å². The molecule has 0 rings (SSSR count). The van der Waals surface area contributed by atoms with Gasteiger partial charge in [-0.1, -0.05) is 27.2 Å². The van der Waals surface area contributed by atoms with E-state index in [0.29, 0.717) is 5.92 Å². The van der Waals surface area contributed by atoms with E-state index in [2.05, 4.69) is 26.5 Å². The second-order valence-electron chi connectivity index (χ2n) is 3.22. The average molecular weight is 152 g/mol. The molecule has 64 valence electrons. The summed E-state index contributed by atoms with van der Waals surface area (Å²) in [7, 11) is 0. The van der Waals surface area contributed by atoms with Gasteiger partial charge in [0, 0.05) is 0 Å². The molecule has 0 aliphatic carbocycles. The Morgan fingerprint density at radius 1 is 1.45 bits per heavy atom. The van der Waals surface area contributed by atoms with E-state index in [1.807, 2.05) is 13.0 Å². The predicted molar refractivity (Wildman–Crippen MR) is 51.6 cm³/mol. The fourth-order valence-corrected chi connectivity index (χ4v) is 1.08. The van der Waals surface area contributed by atoms with Crippen molar-refractivity contribution in [2.45, 2.75) is 47.0 Å². The van der Waals surface area contributed by atoms with Crippen molar-refractivity contribution in [3.8, 4) is 0 Å². The first-order valence-corrected chi connectivity index (χ1v) is 4.62. The summed E-state index contributed by atoms with van der Waals surface area (Å²) in [5.74, 6) is 0.665. The number of rotatable bonds is 4. The van der Waals surface area contributed by atoms with Gasteiger partial charge in [-0.05, 0) is 37.3 Å². The summed E-state index contributed by atoms with van der Waals surface area (Å²) in [6.45, 7) is 8.74. The van der Waals surface area contributed by atoms with Crippen LogP contribution >= 0.6 is 0 Å². The zero-order valence-electron chi connectivity index (χ0n) is 8.28. The molecule has 0 atom stereocenters. The number of unbranched alkanes of at least 4 members (excludes halogenated alkanes) is 1. The summed E-state index contributed by atoms with van der Waals surface area (Å²) in [6, 6.07) is 0. The van der Waals surface area contributed by atoms with Crippen molar-refractivity contribution in [2.24, 2.45) is 5.92 Å². The molecule has 0 aromatic rings. The summed E-state index contributed by atoms with van der Waals surface area (Å²) < 4.78 is 0. The van der Waals surface area contributed by atoms with Crippen LogP contribution in [-0.2, 0) is 0 Å². The number of hydrogen-bond acceptors (Lipinski definition) is 0. The van der Waals surface area contributed by atoms with Crippen molar-refractivity contribution >= 4 is 0 Å². The summed E-state index contributed by atoms with van der Waals surface area (Å²) in [6.07, 6.45) is 5.82. The first-order valence-electron chi connectivity index (χ1n) is 4.62. The van der Waals surface area contributed by atoms with Crippen LogP contribution in [0.25, 0.3) is 0 Å². The van der Waals surface area contributed by atoms with Crippen molar-refractivity contribution in [1.29, 1.82) is 0 Å². The number of allylic oxidation sites excluding steroid dienone is 1. The minimum absolute atomic E-state index is 0.665. The van der Waals surface area contributed by atoms with Crippen LogP contribution < -0.4 is 0 Å². The quantitative estimate of drug-likeness (QED) is 0.535. The van der Waals surface area contributed by atoms with E-state index in [0.717, 1.165) is 0 Å². The highest BCUT2D eigenvalue weighted by atomic mass is 14.0. The topological polar surface area (TPSA) is 0 Å². The lowest BCUT2D eigenvalue weighted by molar-refractivity contribution is 0.675. The van der Waals surface area contributed by atoms with Gasteiger partial charge in [0.15, 0.2) is 0 Å². The predicted octanol–water partition coefficient (Wildman–Crippen LogP) is 3.93. The van der Waals surface area contributed by atoms with E-state index in [1.165, 1.54) is 24.8 Å². The maximum atomic E-state index is 3.31. The normalized spacial score (nSPS) is 9.55. The molecule has 0 aromatic heterocycles. The van der Waals surface area contributed by atoms with Gasteiger partial charge in [-0.3, -0.25) is 0 Å². The van der Waals surface area contributed by atoms with Crippen molar-refractivity contribution in [3.63, 3.8) is 0 Å². The molecule has 0 heterocycles. The molecule has 0 aliphatic heterocycles. The maximum absolute atomic E-state index is 3.31. The molecule has 0 spiro atoms. The molecule has 0 saturated carbocycles. The fraction of sp³-hybridized carbons (Fsp3) is 0.727. The molecule has 0 heteroatoms. The first kappa shape index (κ1) is 10.5. The van der Waals surface area contributed by atoms with Crippen LogP contribution in [0.5, 0.6) is 0 Å². The van der Waals surface area contributed by atoms with Crippen LogP contribution in [0.3, 0.4) is 0 Å². The largest absolute Gasteiger partial charge is 0.126 e. The van der Waals surface area contributed by atoms with Crippen molar-refractivity contribution < 1.29 is 0 Å². The van der Waals surface area contributed by atoms with Gasteiger partial charge in [0.1, 0.15) is 0 Å². The minimum Gasteiger partial charge on any atom is -0.126 e. The fourth-order valence-electron chi connectivity index (χ4n) is 1.08. The van der Waals surface area contributed by atoms with Gasteiger partial charge in [0.25, 0.3) is 0 Å². The van der Waals surface area contributed by atoms with Gasteiger partial charge in [-0.15, -0.1) is 5.73 Å². The zero-order chi connectivity index (χ0) is 8.69. The van der Waals surface area contributed by atoms with Gasteiger partial charge in [-0.2, -0.15) is 0 Å². The smallest absolute Gasteiger partial charge is 0.0184 e. The third kappa shape index (κ3) is 4.86.